The van der Waals surface area contributed by atoms with Crippen molar-refractivity contribution in [2.75, 3.05) is 6.61 Å². The van der Waals surface area contributed by atoms with Crippen molar-refractivity contribution in [2.24, 2.45) is 23.7 Å². The van der Waals surface area contributed by atoms with E-state index in [-0.39, 0.29) is 5.97 Å². The number of cyclic esters (lactones) is 1. The zero-order valence-corrected chi connectivity index (χ0v) is 21.7. The van der Waals surface area contributed by atoms with E-state index in [1.807, 2.05) is 0 Å². The minimum Gasteiger partial charge on any atom is -0.465 e. The van der Waals surface area contributed by atoms with Crippen LogP contribution in [0.4, 0.5) is 0 Å². The predicted molar refractivity (Wildman–Crippen MR) is 133 cm³/mol. The third kappa shape index (κ3) is 9.56. The first-order chi connectivity index (χ1) is 14.2. The molecule has 0 aromatic rings. The van der Waals surface area contributed by atoms with Crippen LogP contribution in [-0.4, -0.2) is 18.7 Å². The van der Waals surface area contributed by atoms with Crippen LogP contribution < -0.4 is 0 Å². The van der Waals surface area contributed by atoms with Gasteiger partial charge in [-0.05, 0) is 77.8 Å². The van der Waals surface area contributed by atoms with Crippen LogP contribution >= 0.6 is 28.5 Å². The van der Waals surface area contributed by atoms with Crippen LogP contribution in [-0.2, 0) is 14.1 Å². The molecule has 1 saturated carbocycles. The average Bonchev–Trinajstić information content (AvgIpc) is 3.01. The Bertz CT molecular complexity index is 485. The highest BCUT2D eigenvalue weighted by Gasteiger charge is 2.43. The first-order valence-electron chi connectivity index (χ1n) is 12.0. The summed E-state index contributed by atoms with van der Waals surface area (Å²) >= 11 is 2.35. The van der Waals surface area contributed by atoms with Gasteiger partial charge in [0.05, 0.1) is 19.2 Å². The molecular weight excluding hydrogens is 494 g/mol. The fourth-order valence-electron chi connectivity index (χ4n) is 5.15. The summed E-state index contributed by atoms with van der Waals surface area (Å²) in [6.07, 6.45) is 20.4. The average molecular weight is 536 g/mol. The zero-order valence-electron chi connectivity index (χ0n) is 18.5. The van der Waals surface area contributed by atoms with Crippen LogP contribution in [0.2, 0.25) is 0 Å². The molecule has 168 valence electrons. The highest BCUT2D eigenvalue weighted by Crippen LogP contribution is 2.47. The van der Waals surface area contributed by atoms with Crippen molar-refractivity contribution in [3.05, 3.63) is 12.2 Å². The van der Waals surface area contributed by atoms with Crippen molar-refractivity contribution >= 4 is 34.5 Å². The topological polar surface area (TPSA) is 35.5 Å². The number of allylic oxidation sites excluding steroid dienone is 2. The predicted octanol–water partition coefficient (Wildman–Crippen LogP) is 8.02. The highest BCUT2D eigenvalue weighted by molar-refractivity contribution is 14.2. The van der Waals surface area contributed by atoms with Crippen molar-refractivity contribution in [1.82, 2.24) is 0 Å². The Hall–Kier alpha value is 0.330. The molecule has 6 atom stereocenters. The fraction of sp³-hybridized carbons (Fsp3) is 0.875. The molecule has 0 amide bonds. The van der Waals surface area contributed by atoms with Gasteiger partial charge in [0.2, 0.25) is 0 Å². The van der Waals surface area contributed by atoms with Gasteiger partial charge in [0.25, 0.3) is 0 Å². The first-order valence-corrected chi connectivity index (χ1v) is 16.0. The molecule has 1 heterocycles. The van der Waals surface area contributed by atoms with Gasteiger partial charge in [-0.25, -0.2) is 0 Å². The normalized spacial score (nSPS) is 30.7. The van der Waals surface area contributed by atoms with E-state index < -0.39 is 0 Å². The number of rotatable bonds is 11. The smallest absolute Gasteiger partial charge is 0.305 e. The van der Waals surface area contributed by atoms with Crippen LogP contribution in [0.3, 0.4) is 0 Å². The quantitative estimate of drug-likeness (QED) is 0.0882. The van der Waals surface area contributed by atoms with E-state index in [9.17, 15) is 4.79 Å². The van der Waals surface area contributed by atoms with Crippen molar-refractivity contribution in [1.29, 1.82) is 0 Å². The lowest BCUT2D eigenvalue weighted by atomic mass is 9.82. The largest absolute Gasteiger partial charge is 0.465 e. The summed E-state index contributed by atoms with van der Waals surface area (Å²) in [6.45, 7) is 5.81. The number of carbonyl (C=O) groups is 1. The number of fused-ring (bicyclic) bond motifs is 1. The van der Waals surface area contributed by atoms with E-state index >= 15 is 0 Å². The molecule has 1 aliphatic heterocycles. The third-order valence-corrected chi connectivity index (χ3v) is 8.10. The Labute approximate surface area is 193 Å². The van der Waals surface area contributed by atoms with Crippen LogP contribution in [0.1, 0.15) is 97.3 Å². The van der Waals surface area contributed by atoms with E-state index in [1.165, 1.54) is 51.4 Å². The number of hydrogen-bond donors (Lipinski definition) is 0. The van der Waals surface area contributed by atoms with E-state index in [2.05, 4.69) is 48.0 Å². The third-order valence-electron chi connectivity index (χ3n) is 6.94. The molecule has 29 heavy (non-hydrogen) atoms. The summed E-state index contributed by atoms with van der Waals surface area (Å²) in [6, 6.07) is 0. The maximum atomic E-state index is 12.0. The number of carbonyl (C=O) groups excluding carboxylic acids is 1. The minimum atomic E-state index is -0.0209. The molecule has 0 aromatic heterocycles. The molecule has 0 N–H and O–H groups in total. The summed E-state index contributed by atoms with van der Waals surface area (Å²) in [4.78, 5) is 12.0. The Morgan fingerprint density at radius 1 is 1.24 bits per heavy atom. The van der Waals surface area contributed by atoms with E-state index in [1.54, 1.807) is 0 Å². The molecule has 0 bridgehead atoms. The molecule has 0 aromatic carbocycles. The van der Waals surface area contributed by atoms with Crippen LogP contribution in [0, 0.1) is 23.7 Å². The van der Waals surface area contributed by atoms with Crippen molar-refractivity contribution in [3.8, 4) is 0 Å². The van der Waals surface area contributed by atoms with Gasteiger partial charge < -0.3 is 9.26 Å². The fourth-order valence-corrected chi connectivity index (χ4v) is 6.52. The maximum Gasteiger partial charge on any atom is 0.305 e. The van der Waals surface area contributed by atoms with Crippen LogP contribution in [0.15, 0.2) is 12.2 Å². The molecule has 1 fully saturated rings. The number of hydrogen-bond acceptors (Lipinski definition) is 3. The number of halogens is 1. The molecule has 0 radical (unpaired) electrons. The Balaban J connectivity index is 1.91. The molecule has 2 unspecified atom stereocenters. The summed E-state index contributed by atoms with van der Waals surface area (Å²) < 4.78 is 11.9. The second-order valence-electron chi connectivity index (χ2n) is 9.22. The lowest BCUT2D eigenvalue weighted by Gasteiger charge is -2.27. The van der Waals surface area contributed by atoms with Gasteiger partial charge in [-0.1, -0.05) is 70.9 Å². The second kappa shape index (κ2) is 15.2. The van der Waals surface area contributed by atoms with Gasteiger partial charge in [0, 0.05) is 6.42 Å². The first kappa shape index (κ1) is 25.6. The molecule has 0 spiro atoms. The monoisotopic (exact) mass is 536 g/mol. The SMILES string of the molecule is CCCCCCCC(C)CC[C@@H]1[C@H]2C/C=C\CCCC(=O)OC[C@H]2C[C@H]1OPI. The Morgan fingerprint density at radius 3 is 2.86 bits per heavy atom. The molecule has 2 aliphatic rings. The van der Waals surface area contributed by atoms with Crippen LogP contribution in [0.5, 0.6) is 0 Å². The van der Waals surface area contributed by atoms with Crippen LogP contribution in [0.25, 0.3) is 0 Å². The van der Waals surface area contributed by atoms with E-state index in [0.29, 0.717) is 43.3 Å². The van der Waals surface area contributed by atoms with E-state index in [0.717, 1.165) is 31.6 Å². The van der Waals surface area contributed by atoms with Gasteiger partial charge in [-0.15, -0.1) is 0 Å². The van der Waals surface area contributed by atoms with Gasteiger partial charge in [-0.3, -0.25) is 4.79 Å². The van der Waals surface area contributed by atoms with Gasteiger partial charge >= 0.3 is 5.97 Å². The summed E-state index contributed by atoms with van der Waals surface area (Å²) in [5.74, 6) is 2.43. The highest BCUT2D eigenvalue weighted by atomic mass is 127. The maximum absolute atomic E-state index is 12.0. The summed E-state index contributed by atoms with van der Waals surface area (Å²) in [5.41, 5.74) is 0. The molecule has 0 saturated heterocycles. The van der Waals surface area contributed by atoms with Crippen molar-refractivity contribution < 1.29 is 14.1 Å². The lowest BCUT2D eigenvalue weighted by Crippen LogP contribution is -2.23. The minimum absolute atomic E-state index is 0.0209. The Morgan fingerprint density at radius 2 is 2.07 bits per heavy atom. The molecule has 5 heteroatoms. The van der Waals surface area contributed by atoms with Gasteiger partial charge in [0.15, 0.2) is 0 Å². The molecule has 1 aliphatic carbocycles. The standard InChI is InChI=1S/C24H42IO3P/c1-3-4-5-6-9-12-19(2)15-16-22-21-13-10-7-8-11-14-24(26)27-18-20(21)17-23(22)28-29-25/h7,10,19-23,29H,3-6,8-9,11-18H2,1-2H3/b10-7-/t19?,20-,21+,22-,23-/m1/s1. The molecular formula is C24H42IO3P. The number of ether oxygens (including phenoxy) is 1. The Kier molecular flexibility index (Phi) is 13.4. The zero-order chi connectivity index (χ0) is 20.9. The number of unbranched alkanes of at least 4 members (excludes halogenated alkanes) is 4. The summed E-state index contributed by atoms with van der Waals surface area (Å²) in [7, 11) is 0. The van der Waals surface area contributed by atoms with Gasteiger partial charge in [0.1, 0.15) is 0 Å². The number of esters is 1. The second-order valence-corrected chi connectivity index (χ2v) is 10.9. The molecule has 2 rings (SSSR count). The van der Waals surface area contributed by atoms with Gasteiger partial charge in [-0.2, -0.15) is 0 Å². The lowest BCUT2D eigenvalue weighted by molar-refractivity contribution is -0.145. The van der Waals surface area contributed by atoms with E-state index in [4.69, 9.17) is 9.26 Å². The van der Waals surface area contributed by atoms with Crippen molar-refractivity contribution in [3.63, 3.8) is 0 Å². The summed E-state index contributed by atoms with van der Waals surface area (Å²) in [5, 5.41) is 0. The van der Waals surface area contributed by atoms with Crippen molar-refractivity contribution in [2.45, 2.75) is 103 Å². The molecule has 3 nitrogen and oxygen atoms in total.